The standard InChI is InChI=1S/C14H24O8/c1-7(15)10(18)11(4,19)12(5,20)13(6,21)14(22,8(2)16)9(3)17/h8,16,19-22H,1-6H3/t8?,11-,12+,13-,14-/m0/s1. The fourth-order valence-electron chi connectivity index (χ4n) is 2.45. The molecule has 0 aromatic carbocycles. The summed E-state index contributed by atoms with van der Waals surface area (Å²) in [7, 11) is 0. The van der Waals surface area contributed by atoms with E-state index >= 15 is 0 Å². The van der Waals surface area contributed by atoms with Crippen molar-refractivity contribution in [3.8, 4) is 0 Å². The van der Waals surface area contributed by atoms with Crippen molar-refractivity contribution in [3.05, 3.63) is 0 Å². The van der Waals surface area contributed by atoms with Crippen molar-refractivity contribution < 1.29 is 39.9 Å². The van der Waals surface area contributed by atoms with Gasteiger partial charge in [0.05, 0.1) is 6.10 Å². The van der Waals surface area contributed by atoms with E-state index in [0.29, 0.717) is 0 Å². The normalized spacial score (nSPS) is 24.1. The summed E-state index contributed by atoms with van der Waals surface area (Å²) < 4.78 is 0. The molecule has 8 heteroatoms. The largest absolute Gasteiger partial charge is 0.390 e. The Kier molecular flexibility index (Phi) is 5.47. The van der Waals surface area contributed by atoms with Gasteiger partial charge in [-0.05, 0) is 34.6 Å². The predicted octanol–water partition coefficient (Wildman–Crippen LogP) is -1.90. The van der Waals surface area contributed by atoms with Gasteiger partial charge in [-0.3, -0.25) is 14.4 Å². The Hall–Kier alpha value is -1.19. The second-order valence-corrected chi connectivity index (χ2v) is 6.10. The van der Waals surface area contributed by atoms with Crippen LogP contribution in [-0.4, -0.2) is 71.4 Å². The van der Waals surface area contributed by atoms with Gasteiger partial charge in [0, 0.05) is 6.92 Å². The third kappa shape index (κ3) is 2.61. The van der Waals surface area contributed by atoms with Crippen LogP contribution in [0.1, 0.15) is 41.5 Å². The van der Waals surface area contributed by atoms with Crippen molar-refractivity contribution >= 4 is 17.3 Å². The van der Waals surface area contributed by atoms with Crippen molar-refractivity contribution in [1.29, 1.82) is 0 Å². The molecule has 0 aromatic heterocycles. The number of rotatable bonds is 7. The highest BCUT2D eigenvalue weighted by Crippen LogP contribution is 2.42. The van der Waals surface area contributed by atoms with Crippen LogP contribution in [0.25, 0.3) is 0 Å². The van der Waals surface area contributed by atoms with Crippen LogP contribution in [0, 0.1) is 0 Å². The van der Waals surface area contributed by atoms with Gasteiger partial charge in [0.15, 0.2) is 22.8 Å². The number of aliphatic hydroxyl groups is 5. The average molecular weight is 320 g/mol. The second kappa shape index (κ2) is 5.78. The lowest BCUT2D eigenvalue weighted by Gasteiger charge is -2.53. The first-order chi connectivity index (χ1) is 9.49. The maximum atomic E-state index is 11.8. The first-order valence-corrected chi connectivity index (χ1v) is 6.63. The van der Waals surface area contributed by atoms with Crippen molar-refractivity contribution in [2.45, 2.75) is 70.1 Å². The molecule has 0 spiro atoms. The van der Waals surface area contributed by atoms with Crippen molar-refractivity contribution in [1.82, 2.24) is 0 Å². The van der Waals surface area contributed by atoms with Gasteiger partial charge < -0.3 is 25.5 Å². The number of ketones is 3. The number of aliphatic hydroxyl groups excluding tert-OH is 1. The van der Waals surface area contributed by atoms with Crippen molar-refractivity contribution in [2.75, 3.05) is 0 Å². The molecule has 1 unspecified atom stereocenters. The third-order valence-electron chi connectivity index (χ3n) is 4.54. The summed E-state index contributed by atoms with van der Waals surface area (Å²) in [5.41, 5.74) is -11.4. The Balaban J connectivity index is 6.33. The molecule has 128 valence electrons. The van der Waals surface area contributed by atoms with Gasteiger partial charge in [0.1, 0.15) is 11.2 Å². The molecule has 0 aliphatic rings. The van der Waals surface area contributed by atoms with Gasteiger partial charge in [-0.2, -0.15) is 0 Å². The van der Waals surface area contributed by atoms with Gasteiger partial charge in [0.25, 0.3) is 0 Å². The topological polar surface area (TPSA) is 152 Å². The fraction of sp³-hybridized carbons (Fsp3) is 0.786. The van der Waals surface area contributed by atoms with E-state index in [-0.39, 0.29) is 0 Å². The molecule has 0 aliphatic carbocycles. The maximum absolute atomic E-state index is 11.8. The quantitative estimate of drug-likeness (QED) is 0.341. The summed E-state index contributed by atoms with van der Waals surface area (Å²) in [5, 5.41) is 51.4. The van der Waals surface area contributed by atoms with Crippen molar-refractivity contribution in [3.63, 3.8) is 0 Å². The molecule has 0 heterocycles. The Morgan fingerprint density at radius 2 is 1.23 bits per heavy atom. The van der Waals surface area contributed by atoms with Crippen LogP contribution in [0.15, 0.2) is 0 Å². The summed E-state index contributed by atoms with van der Waals surface area (Å²) >= 11 is 0. The Bertz CT molecular complexity index is 489. The Morgan fingerprint density at radius 1 is 0.864 bits per heavy atom. The lowest BCUT2D eigenvalue weighted by atomic mass is 9.61. The smallest absolute Gasteiger partial charge is 0.232 e. The first-order valence-electron chi connectivity index (χ1n) is 6.63. The molecule has 5 N–H and O–H groups in total. The fourth-order valence-corrected chi connectivity index (χ4v) is 2.45. The zero-order chi connectivity index (χ0) is 18.3. The molecule has 0 saturated carbocycles. The van der Waals surface area contributed by atoms with Crippen LogP contribution >= 0.6 is 0 Å². The molecule has 5 atom stereocenters. The lowest BCUT2D eigenvalue weighted by Crippen LogP contribution is -2.78. The second-order valence-electron chi connectivity index (χ2n) is 6.10. The summed E-state index contributed by atoms with van der Waals surface area (Å²) in [6, 6.07) is 0. The molecule has 0 saturated heterocycles. The molecule has 0 aliphatic heterocycles. The number of hydrogen-bond acceptors (Lipinski definition) is 8. The number of hydrogen-bond donors (Lipinski definition) is 5. The molecule has 0 amide bonds. The maximum Gasteiger partial charge on any atom is 0.232 e. The molecule has 22 heavy (non-hydrogen) atoms. The van der Waals surface area contributed by atoms with Gasteiger partial charge in [0.2, 0.25) is 5.78 Å². The van der Waals surface area contributed by atoms with E-state index in [1.165, 1.54) is 0 Å². The summed E-state index contributed by atoms with van der Waals surface area (Å²) in [6.45, 7) is 5.04. The lowest BCUT2D eigenvalue weighted by molar-refractivity contribution is -0.284. The minimum atomic E-state index is -2.89. The molecule has 0 radical (unpaired) electrons. The molecule has 8 nitrogen and oxygen atoms in total. The van der Waals surface area contributed by atoms with Crippen LogP contribution in [-0.2, 0) is 14.4 Å². The Labute approximate surface area is 128 Å². The minimum absolute atomic E-state index is 0.772. The summed E-state index contributed by atoms with van der Waals surface area (Å²) in [5.74, 6) is -3.61. The molecular formula is C14H24O8. The van der Waals surface area contributed by atoms with Crippen LogP contribution in [0.3, 0.4) is 0 Å². The van der Waals surface area contributed by atoms with E-state index in [1.807, 2.05) is 0 Å². The predicted molar refractivity (Wildman–Crippen MR) is 74.9 cm³/mol. The summed E-state index contributed by atoms with van der Waals surface area (Å²) in [6.07, 6.45) is -1.84. The van der Waals surface area contributed by atoms with E-state index in [1.54, 1.807) is 0 Å². The van der Waals surface area contributed by atoms with Crippen LogP contribution in [0.5, 0.6) is 0 Å². The van der Waals surface area contributed by atoms with Crippen molar-refractivity contribution in [2.24, 2.45) is 0 Å². The molecule has 0 bridgehead atoms. The van der Waals surface area contributed by atoms with E-state index in [4.69, 9.17) is 0 Å². The number of carbonyl (C=O) groups is 3. The van der Waals surface area contributed by atoms with Gasteiger partial charge >= 0.3 is 0 Å². The van der Waals surface area contributed by atoms with E-state index < -0.39 is 45.9 Å². The summed E-state index contributed by atoms with van der Waals surface area (Å²) in [4.78, 5) is 34.7. The van der Waals surface area contributed by atoms with Gasteiger partial charge in [-0.15, -0.1) is 0 Å². The molecule has 0 aromatic rings. The van der Waals surface area contributed by atoms with E-state index in [0.717, 1.165) is 41.5 Å². The minimum Gasteiger partial charge on any atom is -0.390 e. The average Bonchev–Trinajstić information content (AvgIpc) is 2.34. The Morgan fingerprint density at radius 3 is 1.45 bits per heavy atom. The first kappa shape index (κ1) is 20.8. The SMILES string of the molecule is CC(=O)C(=O)[C@](C)(O)[C@@](C)(O)[C@](C)(O)[C@@](O)(C(C)=O)C(C)O. The zero-order valence-corrected chi connectivity index (χ0v) is 13.5. The van der Waals surface area contributed by atoms with Gasteiger partial charge in [-0.25, -0.2) is 0 Å². The monoisotopic (exact) mass is 320 g/mol. The highest BCUT2D eigenvalue weighted by molar-refractivity contribution is 6.39. The third-order valence-corrected chi connectivity index (χ3v) is 4.54. The van der Waals surface area contributed by atoms with E-state index in [9.17, 15) is 39.9 Å². The van der Waals surface area contributed by atoms with Gasteiger partial charge in [-0.1, -0.05) is 0 Å². The van der Waals surface area contributed by atoms with Crippen LogP contribution < -0.4 is 0 Å². The van der Waals surface area contributed by atoms with Crippen LogP contribution in [0.2, 0.25) is 0 Å². The number of Topliss-reactive ketones (excluding diaryl/α,β-unsaturated/α-hetero) is 3. The number of carbonyl (C=O) groups excluding carboxylic acids is 3. The molecular weight excluding hydrogens is 296 g/mol. The van der Waals surface area contributed by atoms with Crippen LogP contribution in [0.4, 0.5) is 0 Å². The highest BCUT2D eigenvalue weighted by Gasteiger charge is 2.68. The molecule has 0 fully saturated rings. The molecule has 0 rings (SSSR count). The van der Waals surface area contributed by atoms with E-state index in [2.05, 4.69) is 0 Å². The zero-order valence-electron chi connectivity index (χ0n) is 13.5. The highest BCUT2D eigenvalue weighted by atomic mass is 16.4.